The number of fused-ring (bicyclic) bond motifs is 1. The summed E-state index contributed by atoms with van der Waals surface area (Å²) in [5.41, 5.74) is 3.34. The van der Waals surface area contributed by atoms with E-state index < -0.39 is 0 Å². The molecule has 154 valence electrons. The number of nitrogens with zero attached hydrogens (tertiary/aromatic N) is 2. The maximum atomic E-state index is 11.5. The first-order valence-electron chi connectivity index (χ1n) is 10.1. The van der Waals surface area contributed by atoms with E-state index >= 15 is 0 Å². The van der Waals surface area contributed by atoms with Crippen molar-refractivity contribution in [2.75, 3.05) is 26.9 Å². The second kappa shape index (κ2) is 10.6. The zero-order chi connectivity index (χ0) is 20.5. The molecule has 29 heavy (non-hydrogen) atoms. The van der Waals surface area contributed by atoms with Crippen LogP contribution < -0.4 is 10.1 Å². The standard InChI is InChI=1S/C23H29N3O3/c1-18-8-5-9-19(16-18)29-15-7-14-26-21-11-4-3-10-20(21)25-22(26)12-6-13-24-23(27)17-28-2/h3-5,8-11,16H,6-7,12-15,17H2,1-2H3,(H,24,27). The number of para-hydroxylation sites is 2. The van der Waals surface area contributed by atoms with Crippen molar-refractivity contribution in [1.82, 2.24) is 14.9 Å². The first-order valence-corrected chi connectivity index (χ1v) is 10.1. The molecule has 1 amide bonds. The molecule has 0 atom stereocenters. The SMILES string of the molecule is COCC(=O)NCCCc1nc2ccccc2n1CCCOc1cccc(C)c1. The third-order valence-corrected chi connectivity index (χ3v) is 4.69. The first-order chi connectivity index (χ1) is 14.2. The number of amides is 1. The van der Waals surface area contributed by atoms with Gasteiger partial charge in [0.25, 0.3) is 0 Å². The van der Waals surface area contributed by atoms with Gasteiger partial charge in [0.1, 0.15) is 18.2 Å². The van der Waals surface area contributed by atoms with E-state index in [2.05, 4.69) is 35.0 Å². The fraction of sp³-hybridized carbons (Fsp3) is 0.391. The third-order valence-electron chi connectivity index (χ3n) is 4.69. The normalized spacial score (nSPS) is 11.0. The molecule has 0 aliphatic carbocycles. The number of imidazole rings is 1. The van der Waals surface area contributed by atoms with Crippen LogP contribution in [0.2, 0.25) is 0 Å². The van der Waals surface area contributed by atoms with Crippen molar-refractivity contribution in [1.29, 1.82) is 0 Å². The van der Waals surface area contributed by atoms with Crippen LogP contribution >= 0.6 is 0 Å². The van der Waals surface area contributed by atoms with Crippen LogP contribution in [0.1, 0.15) is 24.2 Å². The summed E-state index contributed by atoms with van der Waals surface area (Å²) in [7, 11) is 1.52. The highest BCUT2D eigenvalue weighted by molar-refractivity contribution is 5.77. The number of hydrogen-bond acceptors (Lipinski definition) is 4. The van der Waals surface area contributed by atoms with E-state index in [0.29, 0.717) is 13.2 Å². The molecule has 0 spiro atoms. The number of ether oxygens (including phenoxy) is 2. The Balaban J connectivity index is 1.57. The van der Waals surface area contributed by atoms with Crippen molar-refractivity contribution in [3.05, 3.63) is 59.9 Å². The Labute approximate surface area is 171 Å². The molecule has 2 aromatic carbocycles. The summed E-state index contributed by atoms with van der Waals surface area (Å²) in [6.07, 6.45) is 2.53. The molecule has 0 fully saturated rings. The van der Waals surface area contributed by atoms with E-state index in [4.69, 9.17) is 14.5 Å². The lowest BCUT2D eigenvalue weighted by Gasteiger charge is -2.11. The van der Waals surface area contributed by atoms with Gasteiger partial charge in [-0.3, -0.25) is 4.79 Å². The molecule has 6 heteroatoms. The average Bonchev–Trinajstić information content (AvgIpc) is 3.06. The van der Waals surface area contributed by atoms with Gasteiger partial charge in [-0.2, -0.15) is 0 Å². The fourth-order valence-electron chi connectivity index (χ4n) is 3.34. The Morgan fingerprint density at radius 1 is 1.14 bits per heavy atom. The zero-order valence-electron chi connectivity index (χ0n) is 17.2. The molecule has 0 saturated heterocycles. The number of rotatable bonds is 11. The van der Waals surface area contributed by atoms with Gasteiger partial charge in [0.2, 0.25) is 5.91 Å². The lowest BCUT2D eigenvalue weighted by Crippen LogP contribution is -2.28. The minimum absolute atomic E-state index is 0.0886. The van der Waals surface area contributed by atoms with Gasteiger partial charge >= 0.3 is 0 Å². The Morgan fingerprint density at radius 2 is 2.00 bits per heavy atom. The number of nitrogens with one attached hydrogen (secondary N) is 1. The number of aromatic nitrogens is 2. The molecular formula is C23H29N3O3. The van der Waals surface area contributed by atoms with Crippen molar-refractivity contribution in [3.63, 3.8) is 0 Å². The van der Waals surface area contributed by atoms with E-state index in [9.17, 15) is 4.79 Å². The van der Waals surface area contributed by atoms with E-state index in [1.54, 1.807) is 0 Å². The fourth-order valence-corrected chi connectivity index (χ4v) is 3.34. The lowest BCUT2D eigenvalue weighted by atomic mass is 10.2. The predicted octanol–water partition coefficient (Wildman–Crippen LogP) is 3.51. The second-order valence-corrected chi connectivity index (χ2v) is 7.07. The van der Waals surface area contributed by atoms with Crippen LogP contribution in [0.5, 0.6) is 5.75 Å². The van der Waals surface area contributed by atoms with Gasteiger partial charge in [0.05, 0.1) is 17.6 Å². The van der Waals surface area contributed by atoms with E-state index in [1.165, 1.54) is 12.7 Å². The molecule has 0 saturated carbocycles. The van der Waals surface area contributed by atoms with Gasteiger partial charge in [-0.05, 0) is 49.6 Å². The molecule has 0 bridgehead atoms. The number of carbonyl (C=O) groups excluding carboxylic acids is 1. The maximum Gasteiger partial charge on any atom is 0.245 e. The van der Waals surface area contributed by atoms with Crippen LogP contribution in [0.25, 0.3) is 11.0 Å². The number of carbonyl (C=O) groups is 1. The topological polar surface area (TPSA) is 65.4 Å². The molecule has 0 radical (unpaired) electrons. The van der Waals surface area contributed by atoms with Gasteiger partial charge in [-0.1, -0.05) is 24.3 Å². The highest BCUT2D eigenvalue weighted by Gasteiger charge is 2.10. The van der Waals surface area contributed by atoms with Crippen molar-refractivity contribution >= 4 is 16.9 Å². The minimum atomic E-state index is -0.0886. The highest BCUT2D eigenvalue weighted by atomic mass is 16.5. The van der Waals surface area contributed by atoms with Crippen molar-refractivity contribution in [3.8, 4) is 5.75 Å². The number of methoxy groups -OCH3 is 1. The predicted molar refractivity (Wildman–Crippen MR) is 114 cm³/mol. The van der Waals surface area contributed by atoms with Gasteiger partial charge in [0.15, 0.2) is 0 Å². The molecule has 0 unspecified atom stereocenters. The van der Waals surface area contributed by atoms with Crippen molar-refractivity contribution < 1.29 is 14.3 Å². The molecule has 3 aromatic rings. The number of hydrogen-bond donors (Lipinski definition) is 1. The summed E-state index contributed by atoms with van der Waals surface area (Å²) in [5.74, 6) is 1.87. The molecule has 6 nitrogen and oxygen atoms in total. The van der Waals surface area contributed by atoms with Gasteiger partial charge in [-0.25, -0.2) is 4.98 Å². The summed E-state index contributed by atoms with van der Waals surface area (Å²) in [5, 5.41) is 2.86. The van der Waals surface area contributed by atoms with Gasteiger partial charge in [0, 0.05) is 26.6 Å². The van der Waals surface area contributed by atoms with E-state index in [0.717, 1.165) is 48.4 Å². The molecule has 0 aliphatic rings. The third kappa shape index (κ3) is 6.06. The van der Waals surface area contributed by atoms with E-state index in [-0.39, 0.29) is 12.5 Å². The van der Waals surface area contributed by atoms with Gasteiger partial charge < -0.3 is 19.4 Å². The smallest absolute Gasteiger partial charge is 0.245 e. The second-order valence-electron chi connectivity index (χ2n) is 7.07. The first kappa shape index (κ1) is 20.9. The summed E-state index contributed by atoms with van der Waals surface area (Å²) in [6.45, 7) is 4.27. The lowest BCUT2D eigenvalue weighted by molar-refractivity contribution is -0.124. The molecular weight excluding hydrogens is 366 g/mol. The molecule has 1 aromatic heterocycles. The van der Waals surface area contributed by atoms with Crippen LogP contribution in [0.3, 0.4) is 0 Å². The highest BCUT2D eigenvalue weighted by Crippen LogP contribution is 2.18. The number of aryl methyl sites for hydroxylation is 3. The van der Waals surface area contributed by atoms with Crippen molar-refractivity contribution in [2.45, 2.75) is 32.7 Å². The average molecular weight is 396 g/mol. The summed E-state index contributed by atoms with van der Waals surface area (Å²) in [6, 6.07) is 16.3. The Hall–Kier alpha value is -2.86. The summed E-state index contributed by atoms with van der Waals surface area (Å²) >= 11 is 0. The molecule has 1 N–H and O–H groups in total. The van der Waals surface area contributed by atoms with Crippen LogP contribution in [0.15, 0.2) is 48.5 Å². The van der Waals surface area contributed by atoms with Crippen LogP contribution in [0, 0.1) is 6.92 Å². The molecule has 0 aliphatic heterocycles. The quantitative estimate of drug-likeness (QED) is 0.505. The Kier molecular flexibility index (Phi) is 7.64. The van der Waals surface area contributed by atoms with Gasteiger partial charge in [-0.15, -0.1) is 0 Å². The van der Waals surface area contributed by atoms with Crippen LogP contribution in [0.4, 0.5) is 0 Å². The number of benzene rings is 2. The molecule has 1 heterocycles. The largest absolute Gasteiger partial charge is 0.494 e. The van der Waals surface area contributed by atoms with Crippen molar-refractivity contribution in [2.24, 2.45) is 0 Å². The monoisotopic (exact) mass is 395 g/mol. The Morgan fingerprint density at radius 3 is 2.83 bits per heavy atom. The molecule has 3 rings (SSSR count). The summed E-state index contributed by atoms with van der Waals surface area (Å²) in [4.78, 5) is 16.3. The maximum absolute atomic E-state index is 11.5. The summed E-state index contributed by atoms with van der Waals surface area (Å²) < 4.78 is 13.0. The Bertz CT molecular complexity index is 936. The van der Waals surface area contributed by atoms with Crippen LogP contribution in [-0.2, 0) is 22.5 Å². The zero-order valence-corrected chi connectivity index (χ0v) is 17.2. The minimum Gasteiger partial charge on any atom is -0.494 e. The van der Waals surface area contributed by atoms with Crippen LogP contribution in [-0.4, -0.2) is 42.3 Å². The van der Waals surface area contributed by atoms with E-state index in [1.807, 2.05) is 30.3 Å².